The quantitative estimate of drug-likeness (QED) is 0.341. The van der Waals surface area contributed by atoms with Crippen LogP contribution in [-0.2, 0) is 10.8 Å². The van der Waals surface area contributed by atoms with Crippen LogP contribution in [0.25, 0.3) is 16.7 Å². The number of benzene rings is 3. The second-order valence-electron chi connectivity index (χ2n) is 11.3. The molecular weight excluding hydrogens is 471 g/mol. The fraction of sp³-hybridized carbons (Fsp3) is 0.312. The second-order valence-corrected chi connectivity index (χ2v) is 11.5. The molecule has 3 aromatic carbocycles. The Bertz CT molecular complexity index is 1250. The van der Waals surface area contributed by atoms with Gasteiger partial charge >= 0.3 is 0 Å². The van der Waals surface area contributed by atoms with Gasteiger partial charge in [-0.3, -0.25) is 0 Å². The average Bonchev–Trinajstić information content (AvgIpc) is 3.14. The van der Waals surface area contributed by atoms with E-state index in [0.717, 1.165) is 17.7 Å². The number of hydrogen-bond donors (Lipinski definition) is 0. The van der Waals surface area contributed by atoms with Crippen LogP contribution >= 0.6 is 24.3 Å². The summed E-state index contributed by atoms with van der Waals surface area (Å²) in [4.78, 5) is 0. The highest BCUT2D eigenvalue weighted by atomic mass is 35.5. The normalized spacial score (nSPS) is 14.3. The van der Waals surface area contributed by atoms with Crippen LogP contribution in [-0.4, -0.2) is 0 Å². The van der Waals surface area contributed by atoms with Gasteiger partial charge in [0.05, 0.1) is 0 Å². The van der Waals surface area contributed by atoms with Gasteiger partial charge in [0, 0.05) is 11.1 Å². The van der Waals surface area contributed by atoms with Crippen molar-refractivity contribution in [1.29, 1.82) is 0 Å². The largest absolute Gasteiger partial charge is 0.385 e. The summed E-state index contributed by atoms with van der Waals surface area (Å²) in [5.74, 6) is 0.796. The van der Waals surface area contributed by atoms with E-state index in [1.54, 1.807) is 0 Å². The van der Waals surface area contributed by atoms with E-state index in [-0.39, 0.29) is 23.2 Å². The van der Waals surface area contributed by atoms with Crippen molar-refractivity contribution in [3.05, 3.63) is 106 Å². The highest BCUT2D eigenvalue weighted by Gasteiger charge is 2.33. The smallest absolute Gasteiger partial charge is 0.154 e. The molecule has 35 heavy (non-hydrogen) atoms. The van der Waals surface area contributed by atoms with E-state index < -0.39 is 0 Å². The molecule has 0 aliphatic heterocycles. The Morgan fingerprint density at radius 1 is 0.686 bits per heavy atom. The van der Waals surface area contributed by atoms with Crippen LogP contribution in [0.2, 0.25) is 0 Å². The minimum Gasteiger partial charge on any atom is -0.385 e. The maximum Gasteiger partial charge on any atom is 0.154 e. The number of hydrogen-bond acceptors (Lipinski definition) is 1. The molecule has 3 heteroatoms. The molecule has 0 saturated heterocycles. The van der Waals surface area contributed by atoms with Crippen molar-refractivity contribution < 1.29 is 4.29 Å². The van der Waals surface area contributed by atoms with Gasteiger partial charge in [-0.1, -0.05) is 114 Å². The van der Waals surface area contributed by atoms with Crippen molar-refractivity contribution >= 4 is 41.0 Å². The highest BCUT2D eigenvalue weighted by molar-refractivity contribution is 6.11. The van der Waals surface area contributed by atoms with Gasteiger partial charge in [0.25, 0.3) is 0 Å². The fourth-order valence-electron chi connectivity index (χ4n) is 5.21. The van der Waals surface area contributed by atoms with Crippen LogP contribution in [0.5, 0.6) is 5.75 Å². The molecule has 1 nitrogen and oxygen atoms in total. The summed E-state index contributed by atoms with van der Waals surface area (Å²) in [6.07, 6.45) is 0.875. The molecule has 0 amide bonds. The molecule has 0 heterocycles. The molecule has 0 saturated carbocycles. The molecule has 0 spiro atoms. The lowest BCUT2D eigenvalue weighted by molar-refractivity contribution is 0.501. The Morgan fingerprint density at radius 3 is 1.71 bits per heavy atom. The van der Waals surface area contributed by atoms with E-state index in [1.165, 1.54) is 44.5 Å². The molecule has 0 N–H and O–H groups in total. The minimum atomic E-state index is -0.154. The zero-order chi connectivity index (χ0) is 24.7. The predicted molar refractivity (Wildman–Crippen MR) is 154 cm³/mol. The fourth-order valence-corrected chi connectivity index (χ4v) is 5.37. The summed E-state index contributed by atoms with van der Waals surface area (Å²) in [5.41, 5.74) is 11.2. The Kier molecular flexibility index (Phi) is 7.94. The summed E-state index contributed by atoms with van der Waals surface area (Å²) in [5, 5.41) is 0. The molecule has 0 atom stereocenters. The van der Waals surface area contributed by atoms with Crippen LogP contribution in [0.4, 0.5) is 0 Å². The number of allylic oxidation sites excluding steroid dienone is 4. The van der Waals surface area contributed by atoms with Crippen molar-refractivity contribution in [2.24, 2.45) is 0 Å². The number of rotatable bonds is 4. The van der Waals surface area contributed by atoms with Crippen LogP contribution in [0, 0.1) is 0 Å². The van der Waals surface area contributed by atoms with E-state index in [1.807, 2.05) is 0 Å². The molecule has 4 rings (SSSR count). The molecule has 184 valence electrons. The first-order valence-corrected chi connectivity index (χ1v) is 12.4. The third-order valence-corrected chi connectivity index (χ3v) is 6.94. The van der Waals surface area contributed by atoms with E-state index in [4.69, 9.17) is 16.2 Å². The maximum absolute atomic E-state index is 6.21. The van der Waals surface area contributed by atoms with Crippen LogP contribution in [0.3, 0.4) is 0 Å². The van der Waals surface area contributed by atoms with Crippen molar-refractivity contribution in [3.63, 3.8) is 0 Å². The van der Waals surface area contributed by atoms with Crippen LogP contribution in [0.15, 0.2) is 78.4 Å². The molecule has 1 aliphatic rings. The van der Waals surface area contributed by atoms with Gasteiger partial charge in [0.1, 0.15) is 11.9 Å². The van der Waals surface area contributed by atoms with E-state index in [0.29, 0.717) is 0 Å². The molecule has 0 fully saturated rings. The van der Waals surface area contributed by atoms with Gasteiger partial charge in [0.15, 0.2) is 5.75 Å². The van der Waals surface area contributed by atoms with Crippen molar-refractivity contribution in [3.8, 4) is 5.75 Å². The summed E-state index contributed by atoms with van der Waals surface area (Å²) in [6.45, 7) is 15.6. The van der Waals surface area contributed by atoms with Gasteiger partial charge in [-0.25, -0.2) is 0 Å². The third-order valence-electron chi connectivity index (χ3n) is 6.79. The Morgan fingerprint density at radius 2 is 1.23 bits per heavy atom. The lowest BCUT2D eigenvalue weighted by Crippen LogP contribution is -2.20. The summed E-state index contributed by atoms with van der Waals surface area (Å²) in [7, 11) is 0. The van der Waals surface area contributed by atoms with Crippen LogP contribution < -0.4 is 4.29 Å². The topological polar surface area (TPSA) is 9.23 Å². The van der Waals surface area contributed by atoms with Gasteiger partial charge < -0.3 is 4.29 Å². The summed E-state index contributed by atoms with van der Waals surface area (Å²) in [6, 6.07) is 26.0. The van der Waals surface area contributed by atoms with Gasteiger partial charge in [-0.05, 0) is 63.2 Å². The molecule has 1 aliphatic carbocycles. The van der Waals surface area contributed by atoms with Gasteiger partial charge in [-0.2, -0.15) is 0 Å². The highest BCUT2D eigenvalue weighted by Crippen LogP contribution is 2.52. The minimum absolute atomic E-state index is 0. The van der Waals surface area contributed by atoms with E-state index in [9.17, 15) is 0 Å². The SMILES string of the molecule is CC1=C(c2ccccc2)CC(c2ccc(C(C)(C)C)c(OCl)c2C(C)(C)C)=C1c1ccccc1.Cl. The van der Waals surface area contributed by atoms with Crippen molar-refractivity contribution in [1.82, 2.24) is 0 Å². The molecular formula is C32H36Cl2O. The first-order valence-electron chi connectivity index (χ1n) is 12.0. The zero-order valence-corrected chi connectivity index (χ0v) is 23.4. The Hall–Kier alpha value is -2.48. The molecule has 0 aromatic heterocycles. The van der Waals surface area contributed by atoms with Gasteiger partial charge in [0.2, 0.25) is 0 Å². The Labute approximate surface area is 222 Å². The molecule has 3 aromatic rings. The molecule has 0 unspecified atom stereocenters. The first-order chi connectivity index (χ1) is 16.0. The monoisotopic (exact) mass is 506 g/mol. The maximum atomic E-state index is 6.21. The first kappa shape index (κ1) is 27.1. The average molecular weight is 508 g/mol. The lowest BCUT2D eigenvalue weighted by atomic mass is 9.75. The van der Waals surface area contributed by atoms with Crippen LogP contribution in [0.1, 0.15) is 82.7 Å². The predicted octanol–water partition coefficient (Wildman–Crippen LogP) is 10.0. The standard InChI is InChI=1S/C32H35ClO.ClH/c1-21-25(22-14-10-8-11-15-22)20-26(28(21)23-16-12-9-13-17-23)24-18-19-27(31(2,3)4)30(34-33)29(24)32(5,6)7;/h8-19H,20H2,1-7H3;1H. The summed E-state index contributed by atoms with van der Waals surface area (Å²) >= 11 is 6.21. The number of halogens is 2. The third kappa shape index (κ3) is 5.22. The van der Waals surface area contributed by atoms with E-state index in [2.05, 4.69) is 121 Å². The summed E-state index contributed by atoms with van der Waals surface area (Å²) < 4.78 is 5.65. The van der Waals surface area contributed by atoms with E-state index >= 15 is 0 Å². The van der Waals surface area contributed by atoms with Gasteiger partial charge in [-0.15, -0.1) is 12.4 Å². The molecule has 0 bridgehead atoms. The van der Waals surface area contributed by atoms with Crippen molar-refractivity contribution in [2.75, 3.05) is 0 Å². The second kappa shape index (κ2) is 10.2. The Balaban J connectivity index is 0.00000342. The molecule has 0 radical (unpaired) electrons. The zero-order valence-electron chi connectivity index (χ0n) is 21.8. The van der Waals surface area contributed by atoms with Crippen molar-refractivity contribution in [2.45, 2.75) is 65.7 Å². The lowest BCUT2D eigenvalue weighted by Gasteiger charge is -2.31.